The second-order valence-electron chi connectivity index (χ2n) is 7.46. The van der Waals surface area contributed by atoms with Gasteiger partial charge < -0.3 is 4.90 Å². The third kappa shape index (κ3) is 4.63. The van der Waals surface area contributed by atoms with E-state index in [2.05, 4.69) is 12.1 Å². The molecule has 1 amide bonds. The molecule has 0 N–H and O–H groups in total. The fourth-order valence-electron chi connectivity index (χ4n) is 3.92. The van der Waals surface area contributed by atoms with E-state index in [4.69, 9.17) is 0 Å². The summed E-state index contributed by atoms with van der Waals surface area (Å²) in [5.74, 6) is 0.114. The van der Waals surface area contributed by atoms with Gasteiger partial charge in [0.2, 0.25) is 5.91 Å². The highest BCUT2D eigenvalue weighted by Gasteiger charge is 2.43. The number of benzene rings is 1. The van der Waals surface area contributed by atoms with Crippen LogP contribution in [0.1, 0.15) is 56.9 Å². The van der Waals surface area contributed by atoms with E-state index in [1.807, 2.05) is 18.2 Å². The number of hydrogen-bond donors (Lipinski definition) is 0. The van der Waals surface area contributed by atoms with Crippen LogP contribution in [0, 0.1) is 0 Å². The third-order valence-electron chi connectivity index (χ3n) is 5.63. The largest absolute Gasteiger partial charge is 0.340 e. The molecule has 25 heavy (non-hydrogen) atoms. The Balaban J connectivity index is 1.36. The highest BCUT2D eigenvalue weighted by Crippen LogP contribution is 2.30. The predicted molar refractivity (Wildman–Crippen MR) is 100 cm³/mol. The first-order chi connectivity index (χ1) is 12.1. The number of carbonyl (C=O) groups is 1. The molecule has 1 saturated heterocycles. The average Bonchev–Trinajstić information content (AvgIpc) is 2.59. The number of unbranched alkanes of at least 4 members (excludes halogenated alkanes) is 1. The van der Waals surface area contributed by atoms with E-state index in [1.165, 1.54) is 5.56 Å². The fraction of sp³-hybridized carbons (Fsp3) is 0.650. The van der Waals surface area contributed by atoms with Gasteiger partial charge >= 0.3 is 0 Å². The van der Waals surface area contributed by atoms with E-state index in [0.717, 1.165) is 51.4 Å². The summed E-state index contributed by atoms with van der Waals surface area (Å²) < 4.78 is 25.2. The molecule has 0 spiro atoms. The second-order valence-corrected chi connectivity index (χ2v) is 9.97. The van der Waals surface area contributed by atoms with Crippen LogP contribution in [-0.2, 0) is 21.1 Å². The monoisotopic (exact) mass is 363 g/mol. The molecule has 0 bridgehead atoms. The molecule has 5 heteroatoms. The van der Waals surface area contributed by atoms with Crippen LogP contribution in [-0.4, -0.2) is 42.8 Å². The summed E-state index contributed by atoms with van der Waals surface area (Å²) in [7, 11) is -3.05. The Bertz CT molecular complexity index is 659. The molecule has 1 aliphatic heterocycles. The van der Waals surface area contributed by atoms with Crippen molar-refractivity contribution < 1.29 is 13.2 Å². The van der Waals surface area contributed by atoms with Crippen LogP contribution in [0.15, 0.2) is 30.3 Å². The standard InChI is InChI=1S/C20H29NO3S/c22-20(14-8-7-11-17-9-3-1-4-10-17)21-15-19(16-21)25(23,24)18-12-5-2-6-13-18/h1,3-4,9-10,18-19H,2,5-8,11-16H2. The summed E-state index contributed by atoms with van der Waals surface area (Å²) in [6, 6.07) is 10.3. The minimum Gasteiger partial charge on any atom is -0.340 e. The zero-order valence-electron chi connectivity index (χ0n) is 14.9. The fourth-order valence-corrected chi connectivity index (χ4v) is 6.23. The Morgan fingerprint density at radius 2 is 1.64 bits per heavy atom. The molecule has 138 valence electrons. The SMILES string of the molecule is O=C(CCCCc1ccccc1)N1CC(S(=O)(=O)C2CCCCC2)C1. The summed E-state index contributed by atoms with van der Waals surface area (Å²) in [5, 5.41) is -0.474. The van der Waals surface area contributed by atoms with E-state index in [0.29, 0.717) is 19.5 Å². The first kappa shape index (κ1) is 18.4. The van der Waals surface area contributed by atoms with Crippen molar-refractivity contribution in [2.75, 3.05) is 13.1 Å². The van der Waals surface area contributed by atoms with Crippen LogP contribution in [0.4, 0.5) is 0 Å². The van der Waals surface area contributed by atoms with Gasteiger partial charge in [-0.3, -0.25) is 4.79 Å². The lowest BCUT2D eigenvalue weighted by Crippen LogP contribution is -2.58. The molecule has 3 rings (SSSR count). The predicted octanol–water partition coefficient (Wildman–Crippen LogP) is 3.36. The van der Waals surface area contributed by atoms with Gasteiger partial charge in [0.05, 0.1) is 10.5 Å². The van der Waals surface area contributed by atoms with Gasteiger partial charge in [-0.1, -0.05) is 49.6 Å². The normalized spacial score (nSPS) is 19.6. The lowest BCUT2D eigenvalue weighted by atomic mass is 10.0. The second kappa shape index (κ2) is 8.35. The van der Waals surface area contributed by atoms with Crippen LogP contribution in [0.5, 0.6) is 0 Å². The number of carbonyl (C=O) groups excluding carboxylic acids is 1. The molecule has 0 aromatic heterocycles. The highest BCUT2D eigenvalue weighted by atomic mass is 32.2. The van der Waals surface area contributed by atoms with Crippen molar-refractivity contribution in [1.82, 2.24) is 4.90 Å². The van der Waals surface area contributed by atoms with Crippen molar-refractivity contribution >= 4 is 15.7 Å². The van der Waals surface area contributed by atoms with Gasteiger partial charge in [-0.2, -0.15) is 0 Å². The zero-order valence-corrected chi connectivity index (χ0v) is 15.7. The van der Waals surface area contributed by atoms with Gasteiger partial charge in [-0.05, 0) is 37.7 Å². The lowest BCUT2D eigenvalue weighted by Gasteiger charge is -2.41. The molecule has 1 saturated carbocycles. The van der Waals surface area contributed by atoms with E-state index >= 15 is 0 Å². The average molecular weight is 364 g/mol. The molecule has 0 radical (unpaired) electrons. The number of sulfone groups is 1. The Hall–Kier alpha value is -1.36. The summed E-state index contributed by atoms with van der Waals surface area (Å²) in [6.07, 6.45) is 8.22. The van der Waals surface area contributed by atoms with Gasteiger partial charge in [0.1, 0.15) is 0 Å². The third-order valence-corrected chi connectivity index (χ3v) is 8.26. The molecule has 1 aromatic carbocycles. The molecular formula is C20H29NO3S. The molecule has 1 aliphatic carbocycles. The van der Waals surface area contributed by atoms with Crippen LogP contribution in [0.3, 0.4) is 0 Å². The molecule has 4 nitrogen and oxygen atoms in total. The number of aryl methyl sites for hydroxylation is 1. The van der Waals surface area contributed by atoms with Crippen molar-refractivity contribution in [3.63, 3.8) is 0 Å². The van der Waals surface area contributed by atoms with Crippen LogP contribution < -0.4 is 0 Å². The number of amides is 1. The molecule has 0 atom stereocenters. The summed E-state index contributed by atoms with van der Waals surface area (Å²) in [5.41, 5.74) is 1.30. The Morgan fingerprint density at radius 1 is 0.960 bits per heavy atom. The van der Waals surface area contributed by atoms with Crippen molar-refractivity contribution in [3.05, 3.63) is 35.9 Å². The minimum absolute atomic E-state index is 0.114. The van der Waals surface area contributed by atoms with Gasteiger partial charge in [0.15, 0.2) is 9.84 Å². The maximum atomic E-state index is 12.6. The number of rotatable bonds is 7. The highest BCUT2D eigenvalue weighted by molar-refractivity contribution is 7.92. The maximum Gasteiger partial charge on any atom is 0.222 e. The van der Waals surface area contributed by atoms with Crippen LogP contribution in [0.2, 0.25) is 0 Å². The van der Waals surface area contributed by atoms with E-state index in [1.54, 1.807) is 4.90 Å². The minimum atomic E-state index is -3.05. The van der Waals surface area contributed by atoms with Gasteiger partial charge in [0.25, 0.3) is 0 Å². The Morgan fingerprint density at radius 3 is 2.32 bits per heavy atom. The lowest BCUT2D eigenvalue weighted by molar-refractivity contribution is -0.134. The van der Waals surface area contributed by atoms with E-state index in [-0.39, 0.29) is 16.4 Å². The molecular weight excluding hydrogens is 334 g/mol. The van der Waals surface area contributed by atoms with Crippen molar-refractivity contribution in [2.45, 2.75) is 68.3 Å². The smallest absolute Gasteiger partial charge is 0.222 e. The quantitative estimate of drug-likeness (QED) is 0.698. The van der Waals surface area contributed by atoms with E-state index in [9.17, 15) is 13.2 Å². The first-order valence-electron chi connectivity index (χ1n) is 9.62. The molecule has 2 fully saturated rings. The molecule has 1 heterocycles. The van der Waals surface area contributed by atoms with Gasteiger partial charge in [-0.25, -0.2) is 8.42 Å². The van der Waals surface area contributed by atoms with Crippen molar-refractivity contribution in [3.8, 4) is 0 Å². The first-order valence-corrected chi connectivity index (χ1v) is 11.2. The summed E-state index contributed by atoms with van der Waals surface area (Å²) in [4.78, 5) is 13.9. The van der Waals surface area contributed by atoms with Crippen LogP contribution in [0.25, 0.3) is 0 Å². The topological polar surface area (TPSA) is 54.5 Å². The molecule has 2 aliphatic rings. The number of likely N-dealkylation sites (tertiary alicyclic amines) is 1. The zero-order chi connectivity index (χ0) is 17.7. The van der Waals surface area contributed by atoms with Gasteiger partial charge in [0, 0.05) is 19.5 Å². The molecule has 1 aromatic rings. The summed E-state index contributed by atoms with van der Waals surface area (Å²) in [6.45, 7) is 0.826. The number of hydrogen-bond acceptors (Lipinski definition) is 3. The maximum absolute atomic E-state index is 12.6. The van der Waals surface area contributed by atoms with E-state index < -0.39 is 9.84 Å². The number of nitrogens with zero attached hydrogens (tertiary/aromatic N) is 1. The van der Waals surface area contributed by atoms with Gasteiger partial charge in [-0.15, -0.1) is 0 Å². The summed E-state index contributed by atoms with van der Waals surface area (Å²) >= 11 is 0. The molecule has 0 unspecified atom stereocenters. The van der Waals surface area contributed by atoms with Crippen LogP contribution >= 0.6 is 0 Å². The van der Waals surface area contributed by atoms with Crippen molar-refractivity contribution in [2.24, 2.45) is 0 Å². The Kier molecular flexibility index (Phi) is 6.15. The van der Waals surface area contributed by atoms with Crippen molar-refractivity contribution in [1.29, 1.82) is 0 Å². The Labute approximate surface area is 151 Å².